The third-order valence-electron chi connectivity index (χ3n) is 2.77. The summed E-state index contributed by atoms with van der Waals surface area (Å²) < 4.78 is 27.0. The second-order valence-electron chi connectivity index (χ2n) is 4.27. The van der Waals surface area contributed by atoms with Crippen LogP contribution in [-0.2, 0) is 10.0 Å². The highest BCUT2D eigenvalue weighted by Gasteiger charge is 2.22. The molecule has 4 nitrogen and oxygen atoms in total. The van der Waals surface area contributed by atoms with Gasteiger partial charge in [-0.25, -0.2) is 13.1 Å². The number of piperidine rings is 1. The minimum Gasteiger partial charge on any atom is -0.315 e. The maximum absolute atomic E-state index is 12.1. The Morgan fingerprint density at radius 1 is 1.22 bits per heavy atom. The van der Waals surface area contributed by atoms with E-state index in [1.54, 1.807) is 0 Å². The molecule has 100 valence electrons. The summed E-state index contributed by atoms with van der Waals surface area (Å²) in [6, 6.07) is 4.21. The van der Waals surface area contributed by atoms with Crippen molar-refractivity contribution < 1.29 is 8.42 Å². The van der Waals surface area contributed by atoms with Gasteiger partial charge in [-0.1, -0.05) is 23.2 Å². The molecule has 1 heterocycles. The molecule has 18 heavy (non-hydrogen) atoms. The van der Waals surface area contributed by atoms with Gasteiger partial charge in [0.25, 0.3) is 0 Å². The largest absolute Gasteiger partial charge is 0.315 e. The predicted octanol–water partition coefficient (Wildman–Crippen LogP) is 2.02. The average molecular weight is 309 g/mol. The zero-order valence-corrected chi connectivity index (χ0v) is 11.9. The van der Waals surface area contributed by atoms with Crippen molar-refractivity contribution >= 4 is 33.2 Å². The Morgan fingerprint density at radius 2 is 1.89 bits per heavy atom. The second-order valence-corrected chi connectivity index (χ2v) is 6.86. The zero-order chi connectivity index (χ0) is 13.2. The van der Waals surface area contributed by atoms with Crippen LogP contribution in [0.15, 0.2) is 23.1 Å². The molecule has 2 N–H and O–H groups in total. The lowest BCUT2D eigenvalue weighted by molar-refractivity contribution is 0.428. The molecular weight excluding hydrogens is 295 g/mol. The van der Waals surface area contributed by atoms with Gasteiger partial charge in [0.05, 0.1) is 4.90 Å². The van der Waals surface area contributed by atoms with Gasteiger partial charge in [0, 0.05) is 22.6 Å². The number of sulfonamides is 1. The molecule has 0 spiro atoms. The van der Waals surface area contributed by atoms with Gasteiger partial charge in [-0.2, -0.15) is 0 Å². The standard InChI is InChI=1S/C11H14Cl2N2O2S/c12-8-4-9(13)6-11(5-8)18(16,17)15-10-2-1-3-14-7-10/h4-6,10,14-15H,1-3,7H2/t10-/m1/s1. The monoisotopic (exact) mass is 308 g/mol. The zero-order valence-electron chi connectivity index (χ0n) is 9.62. The highest BCUT2D eigenvalue weighted by molar-refractivity contribution is 7.89. The minimum atomic E-state index is -3.56. The summed E-state index contributed by atoms with van der Waals surface area (Å²) in [4.78, 5) is 0.102. The van der Waals surface area contributed by atoms with Crippen LogP contribution in [0.1, 0.15) is 12.8 Å². The van der Waals surface area contributed by atoms with Gasteiger partial charge >= 0.3 is 0 Å². The van der Waals surface area contributed by atoms with E-state index in [-0.39, 0.29) is 10.9 Å². The summed E-state index contributed by atoms with van der Waals surface area (Å²) in [5.41, 5.74) is 0. The number of halogens is 2. The Balaban J connectivity index is 2.19. The highest BCUT2D eigenvalue weighted by atomic mass is 35.5. The van der Waals surface area contributed by atoms with Crippen LogP contribution in [0.4, 0.5) is 0 Å². The van der Waals surface area contributed by atoms with E-state index < -0.39 is 10.0 Å². The number of benzene rings is 1. The van der Waals surface area contributed by atoms with E-state index in [1.165, 1.54) is 18.2 Å². The molecule has 1 aliphatic rings. The first-order valence-corrected chi connectivity index (χ1v) is 7.90. The van der Waals surface area contributed by atoms with Crippen molar-refractivity contribution in [2.24, 2.45) is 0 Å². The van der Waals surface area contributed by atoms with Crippen LogP contribution in [-0.4, -0.2) is 27.5 Å². The number of rotatable bonds is 3. The molecule has 0 aromatic heterocycles. The molecular formula is C11H14Cl2N2O2S. The third-order valence-corrected chi connectivity index (χ3v) is 4.70. The normalized spacial score (nSPS) is 20.9. The lowest BCUT2D eigenvalue weighted by Crippen LogP contribution is -2.45. The molecule has 0 unspecified atom stereocenters. The fraction of sp³-hybridized carbons (Fsp3) is 0.455. The van der Waals surface area contributed by atoms with Crippen molar-refractivity contribution in [1.82, 2.24) is 10.0 Å². The fourth-order valence-electron chi connectivity index (χ4n) is 1.92. The number of hydrogen-bond acceptors (Lipinski definition) is 3. The Labute approximate surface area is 117 Å². The first-order valence-electron chi connectivity index (χ1n) is 5.66. The lowest BCUT2D eigenvalue weighted by atomic mass is 10.1. The van der Waals surface area contributed by atoms with Crippen LogP contribution in [0.3, 0.4) is 0 Å². The molecule has 1 aromatic rings. The SMILES string of the molecule is O=S(=O)(N[C@@H]1CCCNC1)c1cc(Cl)cc(Cl)c1. The van der Waals surface area contributed by atoms with Crippen LogP contribution >= 0.6 is 23.2 Å². The molecule has 1 aromatic carbocycles. The summed E-state index contributed by atoms with van der Waals surface area (Å²) in [6.07, 6.45) is 1.80. The van der Waals surface area contributed by atoms with Gasteiger partial charge in [0.15, 0.2) is 0 Å². The smallest absolute Gasteiger partial charge is 0.240 e. The van der Waals surface area contributed by atoms with E-state index in [1.807, 2.05) is 0 Å². The van der Waals surface area contributed by atoms with Crippen LogP contribution in [0, 0.1) is 0 Å². The molecule has 1 atom stereocenters. The van der Waals surface area contributed by atoms with Crippen molar-refractivity contribution in [2.45, 2.75) is 23.8 Å². The molecule has 0 radical (unpaired) electrons. The van der Waals surface area contributed by atoms with Crippen molar-refractivity contribution in [2.75, 3.05) is 13.1 Å². The van der Waals surface area contributed by atoms with E-state index >= 15 is 0 Å². The molecule has 2 rings (SSSR count). The summed E-state index contributed by atoms with van der Waals surface area (Å²) >= 11 is 11.6. The first-order chi connectivity index (χ1) is 8.47. The maximum Gasteiger partial charge on any atom is 0.240 e. The molecule has 0 amide bonds. The van der Waals surface area contributed by atoms with Gasteiger partial charge < -0.3 is 5.32 Å². The maximum atomic E-state index is 12.1. The van der Waals surface area contributed by atoms with E-state index in [0.29, 0.717) is 16.6 Å². The Kier molecular flexibility index (Phi) is 4.50. The van der Waals surface area contributed by atoms with E-state index in [2.05, 4.69) is 10.0 Å². The number of hydrogen-bond donors (Lipinski definition) is 2. The van der Waals surface area contributed by atoms with Gasteiger partial charge in [-0.05, 0) is 37.6 Å². The fourth-order valence-corrected chi connectivity index (χ4v) is 3.92. The highest BCUT2D eigenvalue weighted by Crippen LogP contribution is 2.22. The summed E-state index contributed by atoms with van der Waals surface area (Å²) in [5.74, 6) is 0. The molecule has 7 heteroatoms. The minimum absolute atomic E-state index is 0.0819. The van der Waals surface area contributed by atoms with E-state index in [4.69, 9.17) is 23.2 Å². The van der Waals surface area contributed by atoms with Gasteiger partial charge in [0.1, 0.15) is 0 Å². The summed E-state index contributed by atoms with van der Waals surface area (Å²) in [5, 5.41) is 3.77. The number of nitrogens with one attached hydrogen (secondary N) is 2. The van der Waals surface area contributed by atoms with Gasteiger partial charge in [-0.3, -0.25) is 0 Å². The van der Waals surface area contributed by atoms with Crippen molar-refractivity contribution in [3.05, 3.63) is 28.2 Å². The first kappa shape index (κ1) is 14.1. The Morgan fingerprint density at radius 3 is 2.44 bits per heavy atom. The predicted molar refractivity (Wildman–Crippen MR) is 72.7 cm³/mol. The van der Waals surface area contributed by atoms with Gasteiger partial charge in [-0.15, -0.1) is 0 Å². The Hall–Kier alpha value is -0.330. The lowest BCUT2D eigenvalue weighted by Gasteiger charge is -2.23. The molecule has 0 saturated carbocycles. The van der Waals surface area contributed by atoms with Crippen molar-refractivity contribution in [1.29, 1.82) is 0 Å². The van der Waals surface area contributed by atoms with Crippen LogP contribution < -0.4 is 10.0 Å². The topological polar surface area (TPSA) is 58.2 Å². The molecule has 1 saturated heterocycles. The molecule has 1 fully saturated rings. The summed E-state index contributed by atoms with van der Waals surface area (Å²) in [7, 11) is -3.56. The van der Waals surface area contributed by atoms with Crippen LogP contribution in [0.5, 0.6) is 0 Å². The van der Waals surface area contributed by atoms with Crippen molar-refractivity contribution in [3.63, 3.8) is 0 Å². The van der Waals surface area contributed by atoms with Crippen LogP contribution in [0.2, 0.25) is 10.0 Å². The summed E-state index contributed by atoms with van der Waals surface area (Å²) in [6.45, 7) is 1.58. The van der Waals surface area contributed by atoms with Crippen molar-refractivity contribution in [3.8, 4) is 0 Å². The molecule has 0 bridgehead atoms. The quantitative estimate of drug-likeness (QED) is 0.898. The van der Waals surface area contributed by atoms with Crippen LogP contribution in [0.25, 0.3) is 0 Å². The molecule has 0 aliphatic carbocycles. The van der Waals surface area contributed by atoms with E-state index in [9.17, 15) is 8.42 Å². The molecule has 1 aliphatic heterocycles. The van der Waals surface area contributed by atoms with Gasteiger partial charge in [0.2, 0.25) is 10.0 Å². The second kappa shape index (κ2) is 5.75. The Bertz CT molecular complexity index is 508. The van der Waals surface area contributed by atoms with E-state index in [0.717, 1.165) is 19.4 Å². The average Bonchev–Trinajstić information content (AvgIpc) is 2.28. The third kappa shape index (κ3) is 3.59.